The van der Waals surface area contributed by atoms with Crippen LogP contribution in [0.3, 0.4) is 0 Å². The maximum absolute atomic E-state index is 14.1. The molecule has 5 rings (SSSR count). The largest absolute Gasteiger partial charge is 0.465 e. The fourth-order valence-corrected chi connectivity index (χ4v) is 6.99. The number of aromatic nitrogens is 1. The van der Waals surface area contributed by atoms with Gasteiger partial charge in [0.05, 0.1) is 28.6 Å². The molecular weight excluding hydrogens is 520 g/mol. The van der Waals surface area contributed by atoms with Crippen LogP contribution in [-0.4, -0.2) is 81.2 Å². The zero-order valence-electron chi connectivity index (χ0n) is 24.9. The van der Waals surface area contributed by atoms with Crippen LogP contribution in [0.4, 0.5) is 10.5 Å². The number of likely N-dealkylation sites (tertiary alicyclic amines) is 2. The van der Waals surface area contributed by atoms with E-state index in [0.717, 1.165) is 44.2 Å². The highest BCUT2D eigenvalue weighted by Crippen LogP contribution is 2.47. The first-order valence-corrected chi connectivity index (χ1v) is 14.7. The lowest BCUT2D eigenvalue weighted by atomic mass is 9.74. The number of nitrogens with zero attached hydrogens (tertiary/aromatic N) is 4. The van der Waals surface area contributed by atoms with Gasteiger partial charge in [0.25, 0.3) is 5.91 Å². The number of benzene rings is 1. The van der Waals surface area contributed by atoms with E-state index in [4.69, 9.17) is 4.74 Å². The van der Waals surface area contributed by atoms with Crippen LogP contribution in [-0.2, 0) is 9.53 Å². The summed E-state index contributed by atoms with van der Waals surface area (Å²) in [6.45, 7) is 12.2. The minimum Gasteiger partial charge on any atom is -0.465 e. The Hall–Kier alpha value is -3.46. The van der Waals surface area contributed by atoms with Gasteiger partial charge in [-0.25, -0.2) is 4.79 Å². The topological polar surface area (TPSA) is 103 Å². The molecular formula is C32H42N4O5. The van der Waals surface area contributed by atoms with Gasteiger partial charge in [0.2, 0.25) is 0 Å². The van der Waals surface area contributed by atoms with Gasteiger partial charge in [0, 0.05) is 43.2 Å². The number of carbonyl (C=O) groups is 3. The predicted octanol–water partition coefficient (Wildman–Crippen LogP) is 5.44. The lowest BCUT2D eigenvalue weighted by Crippen LogP contribution is -2.53. The molecule has 3 aliphatic rings. The number of hydrogen-bond donors (Lipinski definition) is 1. The monoisotopic (exact) mass is 562 g/mol. The van der Waals surface area contributed by atoms with Crippen molar-refractivity contribution < 1.29 is 24.2 Å². The van der Waals surface area contributed by atoms with E-state index >= 15 is 0 Å². The summed E-state index contributed by atoms with van der Waals surface area (Å²) in [6, 6.07) is 11.6. The summed E-state index contributed by atoms with van der Waals surface area (Å²) in [4.78, 5) is 49.4. The second kappa shape index (κ2) is 10.7. The van der Waals surface area contributed by atoms with Crippen molar-refractivity contribution in [1.82, 2.24) is 14.8 Å². The fourth-order valence-electron chi connectivity index (χ4n) is 6.99. The molecule has 1 N–H and O–H groups in total. The van der Waals surface area contributed by atoms with Crippen LogP contribution in [0.5, 0.6) is 0 Å². The van der Waals surface area contributed by atoms with Gasteiger partial charge in [-0.3, -0.25) is 24.4 Å². The van der Waals surface area contributed by atoms with Gasteiger partial charge in [-0.05, 0) is 72.9 Å². The van der Waals surface area contributed by atoms with Crippen LogP contribution in [0, 0.1) is 5.41 Å². The Kier molecular flexibility index (Phi) is 7.61. The number of ether oxygens (including phenoxy) is 1. The second-order valence-electron chi connectivity index (χ2n) is 13.4. The zero-order chi connectivity index (χ0) is 29.6. The van der Waals surface area contributed by atoms with Crippen LogP contribution in [0.1, 0.15) is 77.1 Å². The minimum absolute atomic E-state index is 0.0684. The molecule has 220 valence electrons. The van der Waals surface area contributed by atoms with Crippen molar-refractivity contribution in [3.8, 4) is 11.3 Å². The number of rotatable bonds is 4. The van der Waals surface area contributed by atoms with Gasteiger partial charge >= 0.3 is 12.1 Å². The zero-order valence-corrected chi connectivity index (χ0v) is 24.9. The average Bonchev–Trinajstić information content (AvgIpc) is 3.14. The molecule has 1 spiro atoms. The molecule has 2 amide bonds. The number of pyridine rings is 1. The number of cyclic esters (lactones) is 1. The normalized spacial score (nSPS) is 23.4. The molecule has 1 aromatic heterocycles. The first-order valence-electron chi connectivity index (χ1n) is 14.7. The van der Waals surface area contributed by atoms with Crippen molar-refractivity contribution in [3.05, 3.63) is 48.2 Å². The quantitative estimate of drug-likeness (QED) is 0.495. The van der Waals surface area contributed by atoms with E-state index in [2.05, 4.69) is 9.88 Å². The number of amides is 2. The van der Waals surface area contributed by atoms with Crippen LogP contribution < -0.4 is 4.90 Å². The van der Waals surface area contributed by atoms with E-state index in [1.165, 1.54) is 11.1 Å². The Labute approximate surface area is 242 Å². The van der Waals surface area contributed by atoms with Crippen LogP contribution in [0.25, 0.3) is 11.3 Å². The van der Waals surface area contributed by atoms with Crippen molar-refractivity contribution in [1.29, 1.82) is 0 Å². The maximum Gasteiger partial charge on any atom is 0.412 e. The highest BCUT2D eigenvalue weighted by molar-refractivity contribution is 6.04. The summed E-state index contributed by atoms with van der Waals surface area (Å²) >= 11 is 0. The molecule has 3 aliphatic heterocycles. The van der Waals surface area contributed by atoms with Gasteiger partial charge < -0.3 is 14.7 Å². The molecule has 4 heterocycles. The lowest BCUT2D eigenvalue weighted by molar-refractivity contribution is -0.154. The van der Waals surface area contributed by atoms with E-state index in [9.17, 15) is 19.5 Å². The number of esters is 1. The molecule has 0 saturated carbocycles. The van der Waals surface area contributed by atoms with Crippen LogP contribution in [0.2, 0.25) is 0 Å². The minimum atomic E-state index is -1.13. The van der Waals surface area contributed by atoms with E-state index in [1.54, 1.807) is 26.8 Å². The molecule has 1 atom stereocenters. The number of piperidine rings is 2. The van der Waals surface area contributed by atoms with Gasteiger partial charge in [0.1, 0.15) is 5.60 Å². The Morgan fingerprint density at radius 3 is 2.37 bits per heavy atom. The Balaban J connectivity index is 1.36. The molecule has 41 heavy (non-hydrogen) atoms. The molecule has 0 bridgehead atoms. The highest BCUT2D eigenvalue weighted by Gasteiger charge is 2.54. The third-order valence-corrected chi connectivity index (χ3v) is 8.73. The molecule has 9 heteroatoms. The average molecular weight is 563 g/mol. The molecule has 3 saturated heterocycles. The first-order chi connectivity index (χ1) is 19.3. The molecule has 1 aromatic carbocycles. The Morgan fingerprint density at radius 2 is 1.78 bits per heavy atom. The van der Waals surface area contributed by atoms with E-state index in [1.807, 2.05) is 49.1 Å². The third kappa shape index (κ3) is 5.82. The van der Waals surface area contributed by atoms with Crippen LogP contribution in [0.15, 0.2) is 42.6 Å². The maximum atomic E-state index is 14.1. The molecule has 3 fully saturated rings. The fraction of sp³-hybridized carbons (Fsp3) is 0.562. The first kappa shape index (κ1) is 29.0. The van der Waals surface area contributed by atoms with Gasteiger partial charge in [-0.2, -0.15) is 0 Å². The van der Waals surface area contributed by atoms with Crippen molar-refractivity contribution >= 4 is 23.7 Å². The summed E-state index contributed by atoms with van der Waals surface area (Å²) in [5, 5.41) is 10.1. The lowest BCUT2D eigenvalue weighted by Gasteiger charge is -2.45. The smallest absolute Gasteiger partial charge is 0.412 e. The number of anilines is 1. The van der Waals surface area contributed by atoms with Crippen molar-refractivity contribution in [2.45, 2.75) is 83.9 Å². The number of hydrogen-bond acceptors (Lipinski definition) is 6. The second-order valence-corrected chi connectivity index (χ2v) is 13.4. The van der Waals surface area contributed by atoms with Crippen molar-refractivity contribution in [3.63, 3.8) is 0 Å². The summed E-state index contributed by atoms with van der Waals surface area (Å²) in [6.07, 6.45) is 4.55. The Morgan fingerprint density at radius 1 is 1.10 bits per heavy atom. The van der Waals surface area contributed by atoms with E-state index in [-0.39, 0.29) is 23.6 Å². The van der Waals surface area contributed by atoms with Crippen LogP contribution >= 0.6 is 0 Å². The van der Waals surface area contributed by atoms with E-state index < -0.39 is 22.6 Å². The van der Waals surface area contributed by atoms with Gasteiger partial charge in [0.15, 0.2) is 0 Å². The molecule has 2 aromatic rings. The highest BCUT2D eigenvalue weighted by atomic mass is 16.6. The Bertz CT molecular complexity index is 1310. The van der Waals surface area contributed by atoms with Gasteiger partial charge in [-0.15, -0.1) is 0 Å². The van der Waals surface area contributed by atoms with E-state index in [0.29, 0.717) is 30.9 Å². The SMILES string of the molecule is CC1(C)CC2(CCCN(C3CCN(C(=O)c4cc(-c5ccccc5)ncc4N(C(=O)O)C(C)(C)C)CC3)C2)C(=O)O1. The standard InChI is InChI=1S/C32H42N4O5/c1-30(2,3)36(29(39)40)26-19-33-25(22-10-7-6-8-11-22)18-24(26)27(37)34-16-12-23(13-17-34)35-15-9-14-32(21-35)20-31(4,5)41-28(32)38/h6-8,10-11,18-19,23H,9,12-17,20-21H2,1-5H3,(H,39,40). The number of carboxylic acid groups (broad SMARTS) is 1. The molecule has 0 radical (unpaired) electrons. The summed E-state index contributed by atoms with van der Waals surface area (Å²) < 4.78 is 5.72. The summed E-state index contributed by atoms with van der Waals surface area (Å²) in [7, 11) is 0. The summed E-state index contributed by atoms with van der Waals surface area (Å²) in [5.74, 6) is -0.258. The molecule has 1 unspecified atom stereocenters. The molecule has 0 aliphatic carbocycles. The number of carbonyl (C=O) groups excluding carboxylic acids is 2. The van der Waals surface area contributed by atoms with Crippen molar-refractivity contribution in [2.24, 2.45) is 5.41 Å². The predicted molar refractivity (Wildman–Crippen MR) is 157 cm³/mol. The van der Waals surface area contributed by atoms with Gasteiger partial charge in [-0.1, -0.05) is 30.3 Å². The molecule has 9 nitrogen and oxygen atoms in total. The third-order valence-electron chi connectivity index (χ3n) is 8.73. The van der Waals surface area contributed by atoms with Crippen molar-refractivity contribution in [2.75, 3.05) is 31.1 Å². The summed E-state index contributed by atoms with van der Waals surface area (Å²) in [5.41, 5.74) is 0.479.